The first-order chi connectivity index (χ1) is 11.5. The summed E-state index contributed by atoms with van der Waals surface area (Å²) in [5, 5.41) is 3.47. The third kappa shape index (κ3) is 3.24. The number of esters is 1. The Morgan fingerprint density at radius 2 is 2.04 bits per heavy atom. The third-order valence-electron chi connectivity index (χ3n) is 4.05. The molecular weight excluding hydrogens is 326 g/mol. The third-order valence-corrected chi connectivity index (χ3v) is 5.26. The fourth-order valence-electron chi connectivity index (χ4n) is 2.93. The molecule has 0 radical (unpaired) electrons. The Hall–Kier alpha value is -2.08. The average Bonchev–Trinajstić information content (AvgIpc) is 3.09. The van der Waals surface area contributed by atoms with E-state index in [0.29, 0.717) is 21.9 Å². The van der Waals surface area contributed by atoms with Gasteiger partial charge in [-0.15, -0.1) is 11.3 Å². The lowest BCUT2D eigenvalue weighted by Crippen LogP contribution is -2.18. The predicted molar refractivity (Wildman–Crippen MR) is 92.9 cm³/mol. The van der Waals surface area contributed by atoms with E-state index in [1.165, 1.54) is 22.5 Å². The number of amides is 1. The summed E-state index contributed by atoms with van der Waals surface area (Å²) in [5.41, 5.74) is 2.04. The molecule has 2 heterocycles. The smallest absolute Gasteiger partial charge is 0.341 e. The highest BCUT2D eigenvalue weighted by molar-refractivity contribution is 7.17. The monoisotopic (exact) mass is 347 g/mol. The lowest BCUT2D eigenvalue weighted by atomic mass is 9.95. The standard InChI is InChI=1S/C18H21NO4S/c1-10(2)23-18(21)15-13-6-4-5-7-14(13)24-17(15)19-16(20)12-8-9-22-11(12)3/h8-10H,4-7H2,1-3H3,(H,19,20). The van der Waals surface area contributed by atoms with Crippen LogP contribution in [0.15, 0.2) is 16.7 Å². The molecule has 24 heavy (non-hydrogen) atoms. The zero-order valence-electron chi connectivity index (χ0n) is 14.1. The van der Waals surface area contributed by atoms with Crippen LogP contribution in [0.25, 0.3) is 0 Å². The molecule has 0 aromatic carbocycles. The van der Waals surface area contributed by atoms with E-state index in [-0.39, 0.29) is 18.0 Å². The van der Waals surface area contributed by atoms with Crippen LogP contribution in [0.5, 0.6) is 0 Å². The van der Waals surface area contributed by atoms with Crippen LogP contribution in [-0.4, -0.2) is 18.0 Å². The van der Waals surface area contributed by atoms with Crippen molar-refractivity contribution in [1.82, 2.24) is 0 Å². The van der Waals surface area contributed by atoms with E-state index in [2.05, 4.69) is 5.32 Å². The maximum Gasteiger partial charge on any atom is 0.341 e. The summed E-state index contributed by atoms with van der Waals surface area (Å²) >= 11 is 1.49. The number of fused-ring (bicyclic) bond motifs is 1. The van der Waals surface area contributed by atoms with Crippen LogP contribution in [0.2, 0.25) is 0 Å². The Bertz CT molecular complexity index is 772. The van der Waals surface area contributed by atoms with Crippen LogP contribution in [0.4, 0.5) is 5.00 Å². The molecule has 0 atom stereocenters. The maximum atomic E-state index is 12.6. The van der Waals surface area contributed by atoms with Gasteiger partial charge >= 0.3 is 5.97 Å². The Kier molecular flexibility index (Phi) is 4.76. The molecule has 0 spiro atoms. The second kappa shape index (κ2) is 6.81. The molecule has 1 amide bonds. The van der Waals surface area contributed by atoms with E-state index >= 15 is 0 Å². The zero-order chi connectivity index (χ0) is 17.3. The van der Waals surface area contributed by atoms with Crippen molar-refractivity contribution in [2.75, 3.05) is 5.32 Å². The number of rotatable bonds is 4. The maximum absolute atomic E-state index is 12.6. The fourth-order valence-corrected chi connectivity index (χ4v) is 4.21. The molecule has 2 aromatic rings. The molecule has 0 fully saturated rings. The first kappa shape index (κ1) is 16.8. The number of hydrogen-bond acceptors (Lipinski definition) is 5. The van der Waals surface area contributed by atoms with Crippen molar-refractivity contribution in [2.45, 2.75) is 52.6 Å². The van der Waals surface area contributed by atoms with Crippen molar-refractivity contribution in [3.05, 3.63) is 39.7 Å². The van der Waals surface area contributed by atoms with Crippen LogP contribution < -0.4 is 5.32 Å². The highest BCUT2D eigenvalue weighted by Crippen LogP contribution is 2.39. The second-order valence-electron chi connectivity index (χ2n) is 6.21. The molecule has 0 saturated heterocycles. The highest BCUT2D eigenvalue weighted by Gasteiger charge is 2.28. The van der Waals surface area contributed by atoms with E-state index in [4.69, 9.17) is 9.15 Å². The minimum absolute atomic E-state index is 0.198. The normalized spacial score (nSPS) is 13.7. The number of furan rings is 1. The van der Waals surface area contributed by atoms with E-state index in [1.807, 2.05) is 13.8 Å². The van der Waals surface area contributed by atoms with Crippen molar-refractivity contribution < 1.29 is 18.7 Å². The Labute approximate surface area is 145 Å². The molecular formula is C18H21NO4S. The van der Waals surface area contributed by atoms with Gasteiger partial charge in [0.05, 0.1) is 23.5 Å². The van der Waals surface area contributed by atoms with Gasteiger partial charge in [0.1, 0.15) is 10.8 Å². The van der Waals surface area contributed by atoms with Gasteiger partial charge in [-0.3, -0.25) is 4.79 Å². The van der Waals surface area contributed by atoms with E-state index in [0.717, 1.165) is 31.2 Å². The SMILES string of the molecule is Cc1occc1C(=O)Nc1sc2c(c1C(=O)OC(C)C)CCCC2. The topological polar surface area (TPSA) is 68.5 Å². The van der Waals surface area contributed by atoms with Crippen molar-refractivity contribution in [2.24, 2.45) is 0 Å². The highest BCUT2D eigenvalue weighted by atomic mass is 32.1. The van der Waals surface area contributed by atoms with Gasteiger partial charge in [-0.1, -0.05) is 0 Å². The quantitative estimate of drug-likeness (QED) is 0.835. The molecule has 0 aliphatic heterocycles. The van der Waals surface area contributed by atoms with E-state index in [9.17, 15) is 9.59 Å². The van der Waals surface area contributed by atoms with Gasteiger partial charge < -0.3 is 14.5 Å². The van der Waals surface area contributed by atoms with Gasteiger partial charge in [-0.25, -0.2) is 4.79 Å². The Morgan fingerprint density at radius 1 is 1.29 bits per heavy atom. The summed E-state index contributed by atoms with van der Waals surface area (Å²) in [6.45, 7) is 5.38. The summed E-state index contributed by atoms with van der Waals surface area (Å²) in [6, 6.07) is 1.63. The largest absolute Gasteiger partial charge is 0.469 e. The Balaban J connectivity index is 1.94. The minimum Gasteiger partial charge on any atom is -0.469 e. The molecule has 128 valence electrons. The molecule has 1 aliphatic carbocycles. The molecule has 0 saturated carbocycles. The number of thiophene rings is 1. The van der Waals surface area contributed by atoms with Crippen LogP contribution in [-0.2, 0) is 17.6 Å². The van der Waals surface area contributed by atoms with E-state index < -0.39 is 0 Å². The number of hydrogen-bond donors (Lipinski definition) is 1. The van der Waals surface area contributed by atoms with Gasteiger partial charge in [0.25, 0.3) is 5.91 Å². The first-order valence-electron chi connectivity index (χ1n) is 8.18. The summed E-state index contributed by atoms with van der Waals surface area (Å²) < 4.78 is 10.6. The van der Waals surface area contributed by atoms with Crippen LogP contribution in [0.3, 0.4) is 0 Å². The van der Waals surface area contributed by atoms with E-state index in [1.54, 1.807) is 13.0 Å². The van der Waals surface area contributed by atoms with Gasteiger partial charge in [-0.05, 0) is 58.1 Å². The average molecular weight is 347 g/mol. The number of anilines is 1. The number of carbonyl (C=O) groups excluding carboxylic acids is 2. The van der Waals surface area contributed by atoms with Gasteiger partial charge in [0, 0.05) is 4.88 Å². The van der Waals surface area contributed by atoms with Gasteiger partial charge in [0.2, 0.25) is 0 Å². The predicted octanol–water partition coefficient (Wildman–Crippen LogP) is 4.35. The molecule has 3 rings (SSSR count). The van der Waals surface area contributed by atoms with Crippen molar-refractivity contribution in [3.8, 4) is 0 Å². The van der Waals surface area contributed by atoms with Gasteiger partial charge in [-0.2, -0.15) is 0 Å². The summed E-state index contributed by atoms with van der Waals surface area (Å²) in [6.07, 6.45) is 5.26. The van der Waals surface area contributed by atoms with Crippen LogP contribution in [0.1, 0.15) is 63.6 Å². The molecule has 1 N–H and O–H groups in total. The molecule has 5 nitrogen and oxygen atoms in total. The molecule has 2 aromatic heterocycles. The zero-order valence-corrected chi connectivity index (χ0v) is 14.9. The van der Waals surface area contributed by atoms with Crippen molar-refractivity contribution in [1.29, 1.82) is 0 Å². The summed E-state index contributed by atoms with van der Waals surface area (Å²) in [7, 11) is 0. The minimum atomic E-state index is -0.358. The van der Waals surface area contributed by atoms with Crippen LogP contribution in [0, 0.1) is 6.92 Å². The number of nitrogens with one attached hydrogen (secondary N) is 1. The summed E-state index contributed by atoms with van der Waals surface area (Å²) in [4.78, 5) is 26.2. The molecule has 0 bridgehead atoms. The van der Waals surface area contributed by atoms with Crippen molar-refractivity contribution >= 4 is 28.2 Å². The fraction of sp³-hybridized carbons (Fsp3) is 0.444. The number of carbonyl (C=O) groups is 2. The lowest BCUT2D eigenvalue weighted by molar-refractivity contribution is 0.0378. The number of ether oxygens (including phenoxy) is 1. The second-order valence-corrected chi connectivity index (χ2v) is 7.32. The Morgan fingerprint density at radius 3 is 2.71 bits per heavy atom. The molecule has 6 heteroatoms. The van der Waals surface area contributed by atoms with Gasteiger partial charge in [0.15, 0.2) is 0 Å². The van der Waals surface area contributed by atoms with Crippen LogP contribution >= 0.6 is 11.3 Å². The summed E-state index contributed by atoms with van der Waals surface area (Å²) in [5.74, 6) is -0.0674. The lowest BCUT2D eigenvalue weighted by Gasteiger charge is -2.14. The molecule has 0 unspecified atom stereocenters. The molecule has 1 aliphatic rings. The first-order valence-corrected chi connectivity index (χ1v) is 9.00. The number of aryl methyl sites for hydroxylation is 2. The van der Waals surface area contributed by atoms with Crippen molar-refractivity contribution in [3.63, 3.8) is 0 Å².